The number of rotatable bonds is 4. The summed E-state index contributed by atoms with van der Waals surface area (Å²) in [5.41, 5.74) is 2.14. The largest absolute Gasteiger partial charge is 0.486 e. The molecule has 3 aromatic rings. The second-order valence-electron chi connectivity index (χ2n) is 6.65. The average molecular weight is 351 g/mol. The predicted molar refractivity (Wildman–Crippen MR) is 96.1 cm³/mol. The van der Waals surface area contributed by atoms with E-state index in [4.69, 9.17) is 14.6 Å². The molecule has 7 nitrogen and oxygen atoms in total. The van der Waals surface area contributed by atoms with E-state index in [0.717, 1.165) is 55.6 Å². The van der Waals surface area contributed by atoms with Gasteiger partial charge in [0.1, 0.15) is 18.4 Å². The predicted octanol–water partition coefficient (Wildman–Crippen LogP) is 2.08. The Hall–Kier alpha value is -2.80. The monoisotopic (exact) mass is 351 g/mol. The van der Waals surface area contributed by atoms with Gasteiger partial charge in [-0.1, -0.05) is 12.1 Å². The van der Waals surface area contributed by atoms with Gasteiger partial charge in [-0.05, 0) is 18.2 Å². The van der Waals surface area contributed by atoms with Crippen LogP contribution < -0.4 is 14.8 Å². The van der Waals surface area contributed by atoms with Crippen LogP contribution in [0.25, 0.3) is 11.5 Å². The van der Waals surface area contributed by atoms with Crippen molar-refractivity contribution in [3.05, 3.63) is 48.4 Å². The highest BCUT2D eigenvalue weighted by Crippen LogP contribution is 2.31. The van der Waals surface area contributed by atoms with Gasteiger partial charge in [0.05, 0.1) is 12.2 Å². The van der Waals surface area contributed by atoms with E-state index in [1.54, 1.807) is 0 Å². The van der Waals surface area contributed by atoms with E-state index >= 15 is 0 Å². The Labute approximate surface area is 151 Å². The van der Waals surface area contributed by atoms with Crippen LogP contribution in [-0.4, -0.2) is 38.6 Å². The minimum atomic E-state index is 0.0413. The molecular weight excluding hydrogens is 330 g/mol. The molecule has 7 heteroatoms. The molecule has 5 rings (SSSR count). The second-order valence-corrected chi connectivity index (χ2v) is 6.65. The zero-order valence-corrected chi connectivity index (χ0v) is 14.5. The van der Waals surface area contributed by atoms with E-state index in [1.165, 1.54) is 5.69 Å². The molecule has 0 radical (unpaired) electrons. The van der Waals surface area contributed by atoms with Gasteiger partial charge in [-0.3, -0.25) is 4.68 Å². The Morgan fingerprint density at radius 2 is 2.15 bits per heavy atom. The molecule has 0 saturated heterocycles. The minimum Gasteiger partial charge on any atom is -0.486 e. The maximum absolute atomic E-state index is 6.06. The lowest BCUT2D eigenvalue weighted by atomic mass is 10.2. The van der Waals surface area contributed by atoms with Crippen molar-refractivity contribution in [3.63, 3.8) is 0 Å². The minimum absolute atomic E-state index is 0.0413. The molecule has 2 aromatic heterocycles. The normalized spacial score (nSPS) is 18.5. The van der Waals surface area contributed by atoms with Gasteiger partial charge < -0.3 is 19.4 Å². The first kappa shape index (κ1) is 15.5. The SMILES string of the molecule is c1ccc2c(c1)OCC(CCn1ccnc1-c1cc3n(n1)CCNC3)O2. The summed E-state index contributed by atoms with van der Waals surface area (Å²) in [6, 6.07) is 9.94. The number of hydrogen-bond donors (Lipinski definition) is 1. The fraction of sp³-hybridized carbons (Fsp3) is 0.368. The molecule has 134 valence electrons. The van der Waals surface area contributed by atoms with Gasteiger partial charge in [-0.25, -0.2) is 4.98 Å². The van der Waals surface area contributed by atoms with Gasteiger partial charge in [-0.2, -0.15) is 5.10 Å². The van der Waals surface area contributed by atoms with Crippen molar-refractivity contribution >= 4 is 0 Å². The smallest absolute Gasteiger partial charge is 0.161 e. The third-order valence-electron chi connectivity index (χ3n) is 4.87. The maximum Gasteiger partial charge on any atom is 0.161 e. The van der Waals surface area contributed by atoms with Crippen LogP contribution in [0, 0.1) is 0 Å². The zero-order chi connectivity index (χ0) is 17.3. The molecule has 1 N–H and O–H groups in total. The lowest BCUT2D eigenvalue weighted by Gasteiger charge is -2.26. The molecular formula is C19H21N5O2. The highest BCUT2D eigenvalue weighted by atomic mass is 16.6. The van der Waals surface area contributed by atoms with Crippen LogP contribution in [0.3, 0.4) is 0 Å². The Bertz CT molecular complexity index is 893. The van der Waals surface area contributed by atoms with Crippen LogP contribution in [-0.2, 0) is 19.6 Å². The van der Waals surface area contributed by atoms with E-state index < -0.39 is 0 Å². The number of ether oxygens (including phenoxy) is 2. The van der Waals surface area contributed by atoms with Gasteiger partial charge in [0.2, 0.25) is 0 Å². The van der Waals surface area contributed by atoms with Crippen molar-refractivity contribution in [2.24, 2.45) is 0 Å². The molecule has 1 aromatic carbocycles. The van der Waals surface area contributed by atoms with Crippen LogP contribution in [0.2, 0.25) is 0 Å². The summed E-state index contributed by atoms with van der Waals surface area (Å²) in [6.45, 7) is 4.11. The standard InChI is InChI=1S/C19H21N5O2/c1-2-4-18-17(3-1)25-13-15(26-18)5-8-23-9-7-21-19(23)16-11-14-12-20-6-10-24(14)22-16/h1-4,7,9,11,15,20H,5-6,8,10,12-13H2. The first-order valence-electron chi connectivity index (χ1n) is 9.04. The molecule has 0 spiro atoms. The van der Waals surface area contributed by atoms with Gasteiger partial charge >= 0.3 is 0 Å². The molecule has 0 amide bonds. The van der Waals surface area contributed by atoms with E-state index in [2.05, 4.69) is 25.6 Å². The highest BCUT2D eigenvalue weighted by molar-refractivity contribution is 5.50. The molecule has 1 atom stereocenters. The van der Waals surface area contributed by atoms with Crippen molar-refractivity contribution in [2.75, 3.05) is 13.2 Å². The molecule has 0 fully saturated rings. The molecule has 0 bridgehead atoms. The summed E-state index contributed by atoms with van der Waals surface area (Å²) in [5.74, 6) is 2.55. The number of hydrogen-bond acceptors (Lipinski definition) is 5. The van der Waals surface area contributed by atoms with Crippen LogP contribution >= 0.6 is 0 Å². The maximum atomic E-state index is 6.06. The summed E-state index contributed by atoms with van der Waals surface area (Å²) >= 11 is 0. The van der Waals surface area contributed by atoms with Crippen LogP contribution in [0.15, 0.2) is 42.7 Å². The number of aromatic nitrogens is 4. The van der Waals surface area contributed by atoms with Crippen molar-refractivity contribution in [1.82, 2.24) is 24.6 Å². The van der Waals surface area contributed by atoms with Crippen LogP contribution in [0.4, 0.5) is 0 Å². The molecule has 0 saturated carbocycles. The van der Waals surface area contributed by atoms with Gasteiger partial charge in [-0.15, -0.1) is 0 Å². The molecule has 1 unspecified atom stereocenters. The average Bonchev–Trinajstić information content (AvgIpc) is 3.32. The van der Waals surface area contributed by atoms with E-state index in [9.17, 15) is 0 Å². The first-order chi connectivity index (χ1) is 12.9. The van der Waals surface area contributed by atoms with Gasteiger partial charge in [0.15, 0.2) is 17.3 Å². The lowest BCUT2D eigenvalue weighted by molar-refractivity contribution is 0.0817. The summed E-state index contributed by atoms with van der Waals surface area (Å²) in [4.78, 5) is 4.52. The van der Waals surface area contributed by atoms with Crippen LogP contribution in [0.5, 0.6) is 11.5 Å². The summed E-state index contributed by atoms with van der Waals surface area (Å²) in [5, 5.41) is 8.09. The van der Waals surface area contributed by atoms with Crippen LogP contribution in [0.1, 0.15) is 12.1 Å². The third-order valence-corrected chi connectivity index (χ3v) is 4.87. The van der Waals surface area contributed by atoms with Crippen molar-refractivity contribution < 1.29 is 9.47 Å². The van der Waals surface area contributed by atoms with Crippen molar-refractivity contribution in [3.8, 4) is 23.0 Å². The quantitative estimate of drug-likeness (QED) is 0.780. The van der Waals surface area contributed by atoms with E-state index in [1.807, 2.05) is 36.7 Å². The molecule has 0 aliphatic carbocycles. The number of aryl methyl sites for hydroxylation is 1. The number of para-hydroxylation sites is 2. The van der Waals surface area contributed by atoms with Gasteiger partial charge in [0, 0.05) is 38.4 Å². The Morgan fingerprint density at radius 1 is 1.23 bits per heavy atom. The third kappa shape index (κ3) is 2.84. The fourth-order valence-corrected chi connectivity index (χ4v) is 3.51. The number of benzene rings is 1. The second kappa shape index (κ2) is 6.49. The Morgan fingerprint density at radius 3 is 3.08 bits per heavy atom. The number of nitrogens with zero attached hydrogens (tertiary/aromatic N) is 4. The van der Waals surface area contributed by atoms with E-state index in [-0.39, 0.29) is 6.10 Å². The Kier molecular flexibility index (Phi) is 3.86. The Balaban J connectivity index is 1.29. The lowest BCUT2D eigenvalue weighted by Crippen LogP contribution is -2.30. The molecule has 26 heavy (non-hydrogen) atoms. The van der Waals surface area contributed by atoms with E-state index in [0.29, 0.717) is 6.61 Å². The molecule has 2 aliphatic rings. The summed E-state index contributed by atoms with van der Waals surface area (Å²) in [7, 11) is 0. The number of fused-ring (bicyclic) bond motifs is 2. The summed E-state index contributed by atoms with van der Waals surface area (Å²) in [6.07, 6.45) is 4.73. The summed E-state index contributed by atoms with van der Waals surface area (Å²) < 4.78 is 16.1. The van der Waals surface area contributed by atoms with Crippen molar-refractivity contribution in [1.29, 1.82) is 0 Å². The fourth-order valence-electron chi connectivity index (χ4n) is 3.51. The topological polar surface area (TPSA) is 66.1 Å². The number of imidazole rings is 1. The molecule has 2 aliphatic heterocycles. The first-order valence-corrected chi connectivity index (χ1v) is 9.04. The highest BCUT2D eigenvalue weighted by Gasteiger charge is 2.21. The molecule has 4 heterocycles. The van der Waals surface area contributed by atoms with Gasteiger partial charge in [0.25, 0.3) is 0 Å². The number of nitrogens with one attached hydrogen (secondary N) is 1. The van der Waals surface area contributed by atoms with Crippen molar-refractivity contribution in [2.45, 2.75) is 32.2 Å². The zero-order valence-electron chi connectivity index (χ0n) is 14.5.